The van der Waals surface area contributed by atoms with Gasteiger partial charge in [0.05, 0.1) is 0 Å². The van der Waals surface area contributed by atoms with E-state index >= 15 is 0 Å². The summed E-state index contributed by atoms with van der Waals surface area (Å²) < 4.78 is 5.09. The van der Waals surface area contributed by atoms with Gasteiger partial charge >= 0.3 is 5.97 Å². The van der Waals surface area contributed by atoms with Crippen LogP contribution >= 0.6 is 11.8 Å². The lowest BCUT2D eigenvalue weighted by molar-refractivity contribution is 0.0656. The molecular weight excluding hydrogens is 228 g/mol. The molecule has 0 fully saturated rings. The van der Waals surface area contributed by atoms with E-state index in [1.54, 1.807) is 12.1 Å². The fourth-order valence-corrected chi connectivity index (χ4v) is 1.88. The molecule has 2 rings (SSSR count). The van der Waals surface area contributed by atoms with E-state index in [0.717, 1.165) is 10.7 Å². The van der Waals surface area contributed by atoms with Crippen LogP contribution in [0.1, 0.15) is 16.2 Å². The van der Waals surface area contributed by atoms with Gasteiger partial charge in [-0.2, -0.15) is 0 Å². The summed E-state index contributed by atoms with van der Waals surface area (Å²) in [4.78, 5) is 18.6. The van der Waals surface area contributed by atoms with Crippen molar-refractivity contribution in [2.45, 2.75) is 17.0 Å². The maximum absolute atomic E-state index is 10.6. The summed E-state index contributed by atoms with van der Waals surface area (Å²) >= 11 is 1.26. The summed E-state index contributed by atoms with van der Waals surface area (Å²) in [6.07, 6.45) is 1.46. The van der Waals surface area contributed by atoms with Crippen molar-refractivity contribution in [2.75, 3.05) is 0 Å². The van der Waals surface area contributed by atoms with Gasteiger partial charge in [-0.25, -0.2) is 14.8 Å². The summed E-state index contributed by atoms with van der Waals surface area (Å²) in [5.41, 5.74) is 0.850. The second-order valence-corrected chi connectivity index (χ2v) is 4.05. The van der Waals surface area contributed by atoms with Crippen LogP contribution in [0.25, 0.3) is 0 Å². The Morgan fingerprint density at radius 1 is 1.44 bits per heavy atom. The number of aryl methyl sites for hydroxylation is 1. The predicted molar refractivity (Wildman–Crippen MR) is 56.6 cm³/mol. The molecule has 0 amide bonds. The third-order valence-corrected chi connectivity index (χ3v) is 2.63. The minimum Gasteiger partial charge on any atom is -0.475 e. The number of carboxylic acids is 1. The molecule has 82 valence electrons. The minimum absolute atomic E-state index is 0.0757. The van der Waals surface area contributed by atoms with E-state index in [2.05, 4.69) is 9.97 Å². The van der Waals surface area contributed by atoms with Gasteiger partial charge in [0.15, 0.2) is 5.09 Å². The Balaban J connectivity index is 2.17. The molecule has 0 aliphatic rings. The zero-order valence-corrected chi connectivity index (χ0v) is 9.19. The SMILES string of the molecule is Cc1cc(Sc2ccc(C(=O)O)o2)ncn1. The van der Waals surface area contributed by atoms with Crippen LogP contribution in [-0.2, 0) is 0 Å². The Morgan fingerprint density at radius 3 is 2.88 bits per heavy atom. The van der Waals surface area contributed by atoms with Gasteiger partial charge in [0.1, 0.15) is 11.4 Å². The topological polar surface area (TPSA) is 76.2 Å². The molecule has 0 unspecified atom stereocenters. The van der Waals surface area contributed by atoms with E-state index in [0.29, 0.717) is 5.09 Å². The van der Waals surface area contributed by atoms with Gasteiger partial charge in [0.2, 0.25) is 5.76 Å². The molecule has 6 heteroatoms. The first-order valence-electron chi connectivity index (χ1n) is 4.45. The van der Waals surface area contributed by atoms with Crippen molar-refractivity contribution in [3.05, 3.63) is 36.0 Å². The molecule has 0 aromatic carbocycles. The Labute approximate surface area is 95.5 Å². The van der Waals surface area contributed by atoms with E-state index in [-0.39, 0.29) is 5.76 Å². The van der Waals surface area contributed by atoms with Gasteiger partial charge in [0, 0.05) is 5.69 Å². The number of hydrogen-bond donors (Lipinski definition) is 1. The van der Waals surface area contributed by atoms with E-state index in [4.69, 9.17) is 9.52 Å². The lowest BCUT2D eigenvalue weighted by Crippen LogP contribution is -1.91. The van der Waals surface area contributed by atoms with Crippen molar-refractivity contribution in [1.29, 1.82) is 0 Å². The standard InChI is InChI=1S/C10H8N2O3S/c1-6-4-8(12-5-11-6)16-9-3-2-7(15-9)10(13)14/h2-5H,1H3,(H,13,14). The number of aromatic carboxylic acids is 1. The molecule has 16 heavy (non-hydrogen) atoms. The van der Waals surface area contributed by atoms with E-state index in [9.17, 15) is 4.79 Å². The van der Waals surface area contributed by atoms with Crippen molar-refractivity contribution >= 4 is 17.7 Å². The normalized spacial score (nSPS) is 10.3. The average Bonchev–Trinajstić information content (AvgIpc) is 2.66. The molecule has 0 saturated heterocycles. The number of nitrogens with zero attached hydrogens (tertiary/aromatic N) is 2. The van der Waals surface area contributed by atoms with Crippen molar-refractivity contribution in [3.8, 4) is 0 Å². The van der Waals surface area contributed by atoms with Crippen molar-refractivity contribution < 1.29 is 14.3 Å². The van der Waals surface area contributed by atoms with Gasteiger partial charge in [-0.3, -0.25) is 0 Å². The Kier molecular flexibility index (Phi) is 2.91. The van der Waals surface area contributed by atoms with Crippen LogP contribution < -0.4 is 0 Å². The molecule has 0 atom stereocenters. The number of furan rings is 1. The fourth-order valence-electron chi connectivity index (χ4n) is 1.08. The minimum atomic E-state index is -1.08. The second kappa shape index (κ2) is 4.36. The van der Waals surface area contributed by atoms with Crippen molar-refractivity contribution in [3.63, 3.8) is 0 Å². The van der Waals surface area contributed by atoms with E-state index < -0.39 is 5.97 Å². The number of hydrogen-bond acceptors (Lipinski definition) is 5. The quantitative estimate of drug-likeness (QED) is 0.823. The zero-order valence-electron chi connectivity index (χ0n) is 8.38. The van der Waals surface area contributed by atoms with Gasteiger partial charge < -0.3 is 9.52 Å². The smallest absolute Gasteiger partial charge is 0.371 e. The highest BCUT2D eigenvalue weighted by molar-refractivity contribution is 7.99. The molecule has 0 aliphatic carbocycles. The zero-order chi connectivity index (χ0) is 11.5. The molecule has 0 saturated carbocycles. The monoisotopic (exact) mass is 236 g/mol. The second-order valence-electron chi connectivity index (χ2n) is 3.02. The highest BCUT2D eigenvalue weighted by atomic mass is 32.2. The molecule has 0 bridgehead atoms. The first-order chi connectivity index (χ1) is 7.65. The molecule has 2 aromatic rings. The number of aromatic nitrogens is 2. The molecule has 0 spiro atoms. The molecule has 2 aromatic heterocycles. The Morgan fingerprint density at radius 2 is 2.25 bits per heavy atom. The number of carbonyl (C=O) groups is 1. The largest absolute Gasteiger partial charge is 0.475 e. The van der Waals surface area contributed by atoms with Crippen LogP contribution in [0.4, 0.5) is 0 Å². The lowest BCUT2D eigenvalue weighted by atomic mass is 10.5. The van der Waals surface area contributed by atoms with Crippen LogP contribution in [-0.4, -0.2) is 21.0 Å². The summed E-state index contributed by atoms with van der Waals surface area (Å²) in [6.45, 7) is 1.86. The predicted octanol–water partition coefficient (Wildman–Crippen LogP) is 2.23. The first kappa shape index (κ1) is 10.7. The van der Waals surface area contributed by atoms with Crippen LogP contribution in [0.3, 0.4) is 0 Å². The molecule has 2 heterocycles. The molecular formula is C10H8N2O3S. The first-order valence-corrected chi connectivity index (χ1v) is 5.26. The van der Waals surface area contributed by atoms with Crippen molar-refractivity contribution in [1.82, 2.24) is 9.97 Å². The maximum atomic E-state index is 10.6. The van der Waals surface area contributed by atoms with Crippen LogP contribution in [0.5, 0.6) is 0 Å². The van der Waals surface area contributed by atoms with Crippen LogP contribution in [0.15, 0.2) is 39.1 Å². The maximum Gasteiger partial charge on any atom is 0.371 e. The molecule has 0 aliphatic heterocycles. The average molecular weight is 236 g/mol. The number of rotatable bonds is 3. The lowest BCUT2D eigenvalue weighted by Gasteiger charge is -1.97. The highest BCUT2D eigenvalue weighted by Crippen LogP contribution is 2.27. The third-order valence-electron chi connectivity index (χ3n) is 1.78. The van der Waals surface area contributed by atoms with Crippen molar-refractivity contribution in [2.24, 2.45) is 0 Å². The summed E-state index contributed by atoms with van der Waals surface area (Å²) in [7, 11) is 0. The van der Waals surface area contributed by atoms with Gasteiger partial charge in [-0.05, 0) is 36.9 Å². The fraction of sp³-hybridized carbons (Fsp3) is 0.100. The van der Waals surface area contributed by atoms with Gasteiger partial charge in [-0.1, -0.05) is 0 Å². The Hall–Kier alpha value is -1.82. The summed E-state index contributed by atoms with van der Waals surface area (Å²) in [5.74, 6) is -1.15. The molecule has 1 N–H and O–H groups in total. The molecule has 0 radical (unpaired) electrons. The Bertz CT molecular complexity index is 524. The van der Waals surface area contributed by atoms with Gasteiger partial charge in [-0.15, -0.1) is 0 Å². The van der Waals surface area contributed by atoms with Gasteiger partial charge in [0.25, 0.3) is 0 Å². The molecule has 5 nitrogen and oxygen atoms in total. The van der Waals surface area contributed by atoms with Crippen LogP contribution in [0.2, 0.25) is 0 Å². The van der Waals surface area contributed by atoms with Crippen LogP contribution in [0, 0.1) is 6.92 Å². The highest BCUT2D eigenvalue weighted by Gasteiger charge is 2.10. The third kappa shape index (κ3) is 2.40. The van der Waals surface area contributed by atoms with E-state index in [1.807, 2.05) is 6.92 Å². The summed E-state index contributed by atoms with van der Waals surface area (Å²) in [5, 5.41) is 9.90. The number of carboxylic acid groups (broad SMARTS) is 1. The summed E-state index contributed by atoms with van der Waals surface area (Å²) in [6, 6.07) is 4.82. The van der Waals surface area contributed by atoms with E-state index in [1.165, 1.54) is 24.2 Å².